The van der Waals surface area contributed by atoms with Gasteiger partial charge < -0.3 is 10.6 Å². The lowest BCUT2D eigenvalue weighted by atomic mass is 10.1. The van der Waals surface area contributed by atoms with Crippen LogP contribution in [0.1, 0.15) is 42.4 Å². The third-order valence-electron chi connectivity index (χ3n) is 5.36. The molecule has 2 unspecified atom stereocenters. The smallest absolute Gasteiger partial charge is 0.244 e. The van der Waals surface area contributed by atoms with Gasteiger partial charge in [-0.2, -0.15) is 4.31 Å². The molecule has 1 aromatic carbocycles. The van der Waals surface area contributed by atoms with Gasteiger partial charge in [-0.15, -0.1) is 0 Å². The summed E-state index contributed by atoms with van der Waals surface area (Å²) in [7, 11) is -3.69. The van der Waals surface area contributed by atoms with E-state index in [9.17, 15) is 13.2 Å². The van der Waals surface area contributed by atoms with Gasteiger partial charge in [0.2, 0.25) is 15.9 Å². The van der Waals surface area contributed by atoms with Crippen molar-refractivity contribution >= 4 is 15.9 Å². The molecule has 0 radical (unpaired) electrons. The zero-order valence-electron chi connectivity index (χ0n) is 15.8. The third kappa shape index (κ3) is 3.80. The average Bonchev–Trinajstić information content (AvgIpc) is 3.23. The topological polar surface area (TPSA) is 78.5 Å². The maximum atomic E-state index is 13.3. The number of amides is 1. The number of nitrogens with one attached hydrogen (secondary N) is 2. The Morgan fingerprint density at radius 3 is 2.50 bits per heavy atom. The summed E-state index contributed by atoms with van der Waals surface area (Å²) in [5.41, 5.74) is 2.52. The van der Waals surface area contributed by atoms with Gasteiger partial charge in [0.25, 0.3) is 0 Å². The quantitative estimate of drug-likeness (QED) is 0.815. The van der Waals surface area contributed by atoms with Gasteiger partial charge in [-0.05, 0) is 64.1 Å². The summed E-state index contributed by atoms with van der Waals surface area (Å²) in [6.45, 7) is 7.55. The van der Waals surface area contributed by atoms with Crippen molar-refractivity contribution in [1.29, 1.82) is 0 Å². The van der Waals surface area contributed by atoms with E-state index < -0.39 is 16.1 Å². The van der Waals surface area contributed by atoms with Crippen molar-refractivity contribution in [2.75, 3.05) is 19.6 Å². The number of carbonyl (C=O) groups is 1. The van der Waals surface area contributed by atoms with Crippen molar-refractivity contribution in [2.45, 2.75) is 63.4 Å². The predicted molar refractivity (Wildman–Crippen MR) is 102 cm³/mol. The summed E-state index contributed by atoms with van der Waals surface area (Å²) in [6.07, 6.45) is 3.46. The lowest BCUT2D eigenvalue weighted by Gasteiger charge is -2.25. The SMILES string of the molecule is Cc1cc(C)c(S(=O)(=O)N2CCCC2C(=O)NCC2CCCN2)c(C)c1. The number of carbonyl (C=O) groups excluding carboxylic acids is 1. The lowest BCUT2D eigenvalue weighted by molar-refractivity contribution is -0.124. The van der Waals surface area contributed by atoms with Crippen LogP contribution in [0.3, 0.4) is 0 Å². The molecule has 2 aliphatic heterocycles. The molecule has 2 heterocycles. The standard InChI is InChI=1S/C19H29N3O3S/c1-13-10-14(2)18(15(3)11-13)26(24,25)22-9-5-7-17(22)19(23)21-12-16-6-4-8-20-16/h10-11,16-17,20H,4-9,12H2,1-3H3,(H,21,23). The minimum absolute atomic E-state index is 0.179. The molecule has 6 nitrogen and oxygen atoms in total. The summed E-state index contributed by atoms with van der Waals surface area (Å²) < 4.78 is 28.0. The minimum Gasteiger partial charge on any atom is -0.353 e. The number of aryl methyl sites for hydroxylation is 3. The summed E-state index contributed by atoms with van der Waals surface area (Å²) in [5.74, 6) is -0.179. The van der Waals surface area contributed by atoms with Crippen LogP contribution in [0.15, 0.2) is 17.0 Å². The van der Waals surface area contributed by atoms with Crippen molar-refractivity contribution in [2.24, 2.45) is 0 Å². The van der Waals surface area contributed by atoms with Crippen molar-refractivity contribution < 1.29 is 13.2 Å². The van der Waals surface area contributed by atoms with E-state index in [2.05, 4.69) is 10.6 Å². The Bertz CT molecular complexity index is 762. The van der Waals surface area contributed by atoms with E-state index in [-0.39, 0.29) is 5.91 Å². The Balaban J connectivity index is 1.79. The second-order valence-electron chi connectivity index (χ2n) is 7.54. The highest BCUT2D eigenvalue weighted by molar-refractivity contribution is 7.89. The molecule has 1 amide bonds. The minimum atomic E-state index is -3.69. The first-order chi connectivity index (χ1) is 12.3. The maximum Gasteiger partial charge on any atom is 0.244 e. The molecule has 0 bridgehead atoms. The zero-order chi connectivity index (χ0) is 18.9. The lowest BCUT2D eigenvalue weighted by Crippen LogP contribution is -2.48. The summed E-state index contributed by atoms with van der Waals surface area (Å²) in [4.78, 5) is 13.0. The Morgan fingerprint density at radius 2 is 1.88 bits per heavy atom. The highest BCUT2D eigenvalue weighted by Gasteiger charge is 2.40. The van der Waals surface area contributed by atoms with Crippen LogP contribution in [0.2, 0.25) is 0 Å². The van der Waals surface area contributed by atoms with Crippen molar-refractivity contribution in [3.63, 3.8) is 0 Å². The van der Waals surface area contributed by atoms with Gasteiger partial charge >= 0.3 is 0 Å². The number of nitrogens with zero attached hydrogens (tertiary/aromatic N) is 1. The van der Waals surface area contributed by atoms with Gasteiger partial charge in [0.1, 0.15) is 6.04 Å². The van der Waals surface area contributed by atoms with Gasteiger partial charge in [-0.1, -0.05) is 17.7 Å². The number of hydrogen-bond donors (Lipinski definition) is 2. The predicted octanol–water partition coefficient (Wildman–Crippen LogP) is 1.63. The van der Waals surface area contributed by atoms with E-state index in [0.717, 1.165) is 36.1 Å². The van der Waals surface area contributed by atoms with E-state index >= 15 is 0 Å². The number of hydrogen-bond acceptors (Lipinski definition) is 4. The molecule has 26 heavy (non-hydrogen) atoms. The molecule has 0 aliphatic carbocycles. The van der Waals surface area contributed by atoms with Crippen molar-refractivity contribution in [1.82, 2.24) is 14.9 Å². The number of benzene rings is 1. The molecule has 2 saturated heterocycles. The largest absolute Gasteiger partial charge is 0.353 e. The molecule has 2 N–H and O–H groups in total. The first-order valence-electron chi connectivity index (χ1n) is 9.41. The molecule has 0 aromatic heterocycles. The molecule has 144 valence electrons. The van der Waals surface area contributed by atoms with Crippen LogP contribution < -0.4 is 10.6 Å². The molecule has 2 aliphatic rings. The molecule has 1 aromatic rings. The second kappa shape index (κ2) is 7.66. The molecular formula is C19H29N3O3S. The van der Waals surface area contributed by atoms with Gasteiger partial charge in [0.05, 0.1) is 4.90 Å². The third-order valence-corrected chi connectivity index (χ3v) is 7.58. The normalized spacial score (nSPS) is 24.1. The maximum absolute atomic E-state index is 13.3. The number of sulfonamides is 1. The molecule has 2 atom stereocenters. The van der Waals surface area contributed by atoms with Gasteiger partial charge in [-0.3, -0.25) is 4.79 Å². The van der Waals surface area contributed by atoms with Gasteiger partial charge in [-0.25, -0.2) is 8.42 Å². The Hall–Kier alpha value is -1.44. The fourth-order valence-electron chi connectivity index (χ4n) is 4.25. The van der Waals surface area contributed by atoms with E-state index in [1.165, 1.54) is 4.31 Å². The van der Waals surface area contributed by atoms with Crippen LogP contribution in [0.4, 0.5) is 0 Å². The molecule has 3 rings (SSSR count). The second-order valence-corrected chi connectivity index (χ2v) is 9.37. The highest BCUT2D eigenvalue weighted by atomic mass is 32.2. The molecule has 7 heteroatoms. The highest BCUT2D eigenvalue weighted by Crippen LogP contribution is 2.30. The van der Waals surface area contributed by atoms with E-state index in [1.807, 2.05) is 32.9 Å². The summed E-state index contributed by atoms with van der Waals surface area (Å²) >= 11 is 0. The van der Waals surface area contributed by atoms with Crippen LogP contribution >= 0.6 is 0 Å². The first kappa shape index (κ1) is 19.3. The Labute approximate surface area is 156 Å². The van der Waals surface area contributed by atoms with E-state index in [0.29, 0.717) is 36.9 Å². The van der Waals surface area contributed by atoms with Crippen LogP contribution in [-0.2, 0) is 14.8 Å². The molecule has 2 fully saturated rings. The van der Waals surface area contributed by atoms with Crippen molar-refractivity contribution in [3.8, 4) is 0 Å². The van der Waals surface area contributed by atoms with E-state index in [4.69, 9.17) is 0 Å². The fourth-order valence-corrected chi connectivity index (χ4v) is 6.33. The van der Waals surface area contributed by atoms with Crippen LogP contribution in [0.25, 0.3) is 0 Å². The molecule has 0 saturated carbocycles. The monoisotopic (exact) mass is 379 g/mol. The first-order valence-corrected chi connectivity index (χ1v) is 10.9. The summed E-state index contributed by atoms with van der Waals surface area (Å²) in [6, 6.07) is 3.46. The Morgan fingerprint density at radius 1 is 1.19 bits per heavy atom. The van der Waals surface area contributed by atoms with Gasteiger partial charge in [0, 0.05) is 19.1 Å². The van der Waals surface area contributed by atoms with Crippen LogP contribution in [0.5, 0.6) is 0 Å². The molecular weight excluding hydrogens is 350 g/mol. The summed E-state index contributed by atoms with van der Waals surface area (Å²) in [5, 5.41) is 6.29. The zero-order valence-corrected chi connectivity index (χ0v) is 16.7. The van der Waals surface area contributed by atoms with Gasteiger partial charge in [0.15, 0.2) is 0 Å². The molecule has 0 spiro atoms. The van der Waals surface area contributed by atoms with Crippen molar-refractivity contribution in [3.05, 3.63) is 28.8 Å². The average molecular weight is 380 g/mol. The fraction of sp³-hybridized carbons (Fsp3) is 0.632. The van der Waals surface area contributed by atoms with Crippen LogP contribution in [-0.4, -0.2) is 50.3 Å². The van der Waals surface area contributed by atoms with Crippen LogP contribution in [0, 0.1) is 20.8 Å². The Kier molecular flexibility index (Phi) is 5.69. The van der Waals surface area contributed by atoms with E-state index in [1.54, 1.807) is 0 Å². The number of rotatable bonds is 5.